The zero-order valence-electron chi connectivity index (χ0n) is 12.6. The summed E-state index contributed by atoms with van der Waals surface area (Å²) in [4.78, 5) is 4.23. The highest BCUT2D eigenvalue weighted by atomic mass is 19.4. The lowest BCUT2D eigenvalue weighted by Gasteiger charge is -2.34. The van der Waals surface area contributed by atoms with E-state index in [0.29, 0.717) is 0 Å². The minimum absolute atomic E-state index is 0.179. The van der Waals surface area contributed by atoms with Gasteiger partial charge in [0.15, 0.2) is 5.79 Å². The van der Waals surface area contributed by atoms with Crippen molar-refractivity contribution in [3.05, 3.63) is 53.9 Å². The van der Waals surface area contributed by atoms with Crippen LogP contribution in [0.2, 0.25) is 0 Å². The van der Waals surface area contributed by atoms with E-state index in [-0.39, 0.29) is 17.4 Å². The Labute approximate surface area is 135 Å². The van der Waals surface area contributed by atoms with Crippen LogP contribution >= 0.6 is 0 Å². The third-order valence-electron chi connectivity index (χ3n) is 3.75. The Bertz CT molecular complexity index is 784. The standard InChI is InChI=1S/C15H14F3N5O/c1-9(10-5-3-2-4-6-10)15(19)20-7-11(8-21-15)12-22-23-13(24-12)14(16,17)18/h2-9,20H,19H2,1H3. The maximum absolute atomic E-state index is 12.5. The number of aliphatic imine (C=N–C) groups is 1. The number of benzene rings is 1. The van der Waals surface area contributed by atoms with Gasteiger partial charge in [-0.3, -0.25) is 5.73 Å². The summed E-state index contributed by atoms with van der Waals surface area (Å²) in [6.07, 6.45) is -1.95. The number of nitrogens with two attached hydrogens (primary N) is 1. The fraction of sp³-hybridized carbons (Fsp3) is 0.267. The van der Waals surface area contributed by atoms with Gasteiger partial charge in [-0.15, -0.1) is 10.2 Å². The van der Waals surface area contributed by atoms with Gasteiger partial charge in [-0.1, -0.05) is 37.3 Å². The molecular weight excluding hydrogens is 323 g/mol. The van der Waals surface area contributed by atoms with E-state index in [2.05, 4.69) is 24.9 Å². The van der Waals surface area contributed by atoms with E-state index in [4.69, 9.17) is 5.73 Å². The fourth-order valence-corrected chi connectivity index (χ4v) is 2.25. The molecule has 0 fully saturated rings. The van der Waals surface area contributed by atoms with Crippen LogP contribution < -0.4 is 11.1 Å². The van der Waals surface area contributed by atoms with Crippen LogP contribution in [0.5, 0.6) is 0 Å². The van der Waals surface area contributed by atoms with Gasteiger partial charge in [-0.2, -0.15) is 13.2 Å². The first-order chi connectivity index (χ1) is 11.3. The van der Waals surface area contributed by atoms with E-state index < -0.39 is 17.9 Å². The van der Waals surface area contributed by atoms with E-state index in [1.54, 1.807) is 0 Å². The molecule has 3 rings (SSSR count). The summed E-state index contributed by atoms with van der Waals surface area (Å²) in [6, 6.07) is 9.51. The molecule has 0 amide bonds. The number of nitrogens with one attached hydrogen (secondary N) is 1. The summed E-state index contributed by atoms with van der Waals surface area (Å²) in [6.45, 7) is 1.90. The summed E-state index contributed by atoms with van der Waals surface area (Å²) >= 11 is 0. The first-order valence-electron chi connectivity index (χ1n) is 7.07. The Morgan fingerprint density at radius 1 is 1.21 bits per heavy atom. The molecule has 0 bridgehead atoms. The lowest BCUT2D eigenvalue weighted by atomic mass is 9.93. The minimum atomic E-state index is -4.69. The van der Waals surface area contributed by atoms with Crippen molar-refractivity contribution in [2.24, 2.45) is 10.7 Å². The van der Waals surface area contributed by atoms with Gasteiger partial charge in [-0.05, 0) is 5.56 Å². The lowest BCUT2D eigenvalue weighted by molar-refractivity contribution is -0.157. The molecule has 0 saturated heterocycles. The van der Waals surface area contributed by atoms with Crippen molar-refractivity contribution >= 4 is 11.8 Å². The molecule has 0 spiro atoms. The molecule has 24 heavy (non-hydrogen) atoms. The van der Waals surface area contributed by atoms with Gasteiger partial charge >= 0.3 is 12.1 Å². The Morgan fingerprint density at radius 2 is 1.92 bits per heavy atom. The number of nitrogens with zero attached hydrogens (tertiary/aromatic N) is 3. The van der Waals surface area contributed by atoms with Crippen molar-refractivity contribution < 1.29 is 17.6 Å². The topological polar surface area (TPSA) is 89.3 Å². The molecule has 6 nitrogen and oxygen atoms in total. The molecule has 1 aromatic carbocycles. The van der Waals surface area contributed by atoms with Crippen LogP contribution in [0.25, 0.3) is 5.57 Å². The number of allylic oxidation sites excluding steroid dienone is 1. The molecule has 126 valence electrons. The van der Waals surface area contributed by atoms with Crippen molar-refractivity contribution in [3.63, 3.8) is 0 Å². The predicted octanol–water partition coefficient (Wildman–Crippen LogP) is 2.52. The van der Waals surface area contributed by atoms with Crippen molar-refractivity contribution in [1.82, 2.24) is 15.5 Å². The molecule has 1 aliphatic heterocycles. The molecular formula is C15H14F3N5O. The highest BCUT2D eigenvalue weighted by Gasteiger charge is 2.39. The van der Waals surface area contributed by atoms with E-state index >= 15 is 0 Å². The third kappa shape index (κ3) is 3.02. The van der Waals surface area contributed by atoms with E-state index in [1.165, 1.54) is 12.4 Å². The molecule has 0 saturated carbocycles. The smallest absolute Gasteiger partial charge is 0.413 e. The van der Waals surface area contributed by atoms with E-state index in [1.807, 2.05) is 37.3 Å². The third-order valence-corrected chi connectivity index (χ3v) is 3.75. The Kier molecular flexibility index (Phi) is 3.88. The number of rotatable bonds is 3. The summed E-state index contributed by atoms with van der Waals surface area (Å²) in [5.74, 6) is -3.00. The number of aromatic nitrogens is 2. The van der Waals surface area contributed by atoms with Gasteiger partial charge in [0, 0.05) is 18.3 Å². The number of alkyl halides is 3. The van der Waals surface area contributed by atoms with Crippen LogP contribution in [0.3, 0.4) is 0 Å². The molecule has 2 unspecified atom stereocenters. The minimum Gasteiger partial charge on any atom is -0.413 e. The zero-order valence-corrected chi connectivity index (χ0v) is 12.6. The van der Waals surface area contributed by atoms with Gasteiger partial charge in [0.1, 0.15) is 0 Å². The zero-order chi connectivity index (χ0) is 17.4. The highest BCUT2D eigenvalue weighted by Crippen LogP contribution is 2.31. The summed E-state index contributed by atoms with van der Waals surface area (Å²) in [5, 5.41) is 9.26. The largest absolute Gasteiger partial charge is 0.470 e. The summed E-state index contributed by atoms with van der Waals surface area (Å²) < 4.78 is 42.1. The van der Waals surface area contributed by atoms with Crippen LogP contribution in [0.1, 0.15) is 30.2 Å². The number of halogens is 3. The number of hydrogen-bond donors (Lipinski definition) is 2. The molecule has 2 atom stereocenters. The van der Waals surface area contributed by atoms with Gasteiger partial charge < -0.3 is 9.73 Å². The summed E-state index contributed by atoms with van der Waals surface area (Å²) in [5.41, 5.74) is 7.44. The Hall–Kier alpha value is -2.68. The average molecular weight is 337 g/mol. The Balaban J connectivity index is 1.79. The summed E-state index contributed by atoms with van der Waals surface area (Å²) in [7, 11) is 0. The molecule has 0 radical (unpaired) electrons. The van der Waals surface area contributed by atoms with Crippen molar-refractivity contribution in [2.45, 2.75) is 24.8 Å². The molecule has 1 aromatic heterocycles. The number of hydrogen-bond acceptors (Lipinski definition) is 6. The van der Waals surface area contributed by atoms with Crippen LogP contribution in [0.15, 0.2) is 45.9 Å². The highest BCUT2D eigenvalue weighted by molar-refractivity contribution is 6.08. The van der Waals surface area contributed by atoms with E-state index in [0.717, 1.165) is 5.56 Å². The second-order valence-corrected chi connectivity index (χ2v) is 5.37. The van der Waals surface area contributed by atoms with Gasteiger partial charge in [0.05, 0.1) is 5.57 Å². The molecule has 3 N–H and O–H groups in total. The molecule has 2 heterocycles. The SMILES string of the molecule is CC(c1ccccc1)C1(N)N=CC(c2nnc(C(F)(F)F)o2)=CN1. The molecule has 2 aromatic rings. The van der Waals surface area contributed by atoms with Crippen LogP contribution in [0, 0.1) is 0 Å². The van der Waals surface area contributed by atoms with Gasteiger partial charge in [-0.25, -0.2) is 4.99 Å². The second-order valence-electron chi connectivity index (χ2n) is 5.37. The Morgan fingerprint density at radius 3 is 2.46 bits per heavy atom. The van der Waals surface area contributed by atoms with E-state index in [9.17, 15) is 13.2 Å². The lowest BCUT2D eigenvalue weighted by Crippen LogP contribution is -2.54. The maximum atomic E-state index is 12.5. The monoisotopic (exact) mass is 337 g/mol. The van der Waals surface area contributed by atoms with Gasteiger partial charge in [0.25, 0.3) is 5.89 Å². The first-order valence-corrected chi connectivity index (χ1v) is 7.07. The first kappa shape index (κ1) is 16.2. The van der Waals surface area contributed by atoms with Gasteiger partial charge in [0.2, 0.25) is 0 Å². The molecule has 0 aliphatic carbocycles. The average Bonchev–Trinajstić information content (AvgIpc) is 3.06. The molecule has 1 aliphatic rings. The second kappa shape index (κ2) is 5.75. The van der Waals surface area contributed by atoms with Crippen LogP contribution in [-0.4, -0.2) is 22.2 Å². The molecule has 9 heteroatoms. The fourth-order valence-electron chi connectivity index (χ4n) is 2.25. The normalized spacial score (nSPS) is 22.0. The maximum Gasteiger partial charge on any atom is 0.470 e. The van der Waals surface area contributed by atoms with Crippen molar-refractivity contribution in [3.8, 4) is 0 Å². The van der Waals surface area contributed by atoms with Crippen molar-refractivity contribution in [2.75, 3.05) is 0 Å². The quantitative estimate of drug-likeness (QED) is 0.898. The predicted molar refractivity (Wildman–Crippen MR) is 80.7 cm³/mol. The van der Waals surface area contributed by atoms with Crippen LogP contribution in [0.4, 0.5) is 13.2 Å². The van der Waals surface area contributed by atoms with Crippen molar-refractivity contribution in [1.29, 1.82) is 0 Å². The van der Waals surface area contributed by atoms with Crippen LogP contribution in [-0.2, 0) is 6.18 Å².